The Morgan fingerprint density at radius 2 is 1.96 bits per heavy atom. The first-order chi connectivity index (χ1) is 11.5. The van der Waals surface area contributed by atoms with Crippen molar-refractivity contribution in [3.63, 3.8) is 0 Å². The monoisotopic (exact) mass is 395 g/mol. The van der Waals surface area contributed by atoms with Gasteiger partial charge in [-0.25, -0.2) is 12.7 Å². The molecule has 2 heterocycles. The molecule has 8 heteroatoms. The SMILES string of the molecule is CCC(CC)CS(=O)(=O)N1CCCC(CNC(=O)C2CCCN2)C1.Cl. The number of piperidine rings is 1. The van der Waals surface area contributed by atoms with Gasteiger partial charge in [0, 0.05) is 19.6 Å². The summed E-state index contributed by atoms with van der Waals surface area (Å²) in [5.74, 6) is 0.777. The van der Waals surface area contributed by atoms with Gasteiger partial charge in [0.05, 0.1) is 11.8 Å². The first kappa shape index (κ1) is 22.7. The highest BCUT2D eigenvalue weighted by Crippen LogP contribution is 2.22. The molecule has 2 N–H and O–H groups in total. The normalized spacial score (nSPS) is 24.9. The molecule has 2 aliphatic heterocycles. The third-order valence-electron chi connectivity index (χ3n) is 5.42. The van der Waals surface area contributed by atoms with E-state index in [1.54, 1.807) is 4.31 Å². The second-order valence-electron chi connectivity index (χ2n) is 7.22. The Morgan fingerprint density at radius 1 is 1.24 bits per heavy atom. The molecule has 6 nitrogen and oxygen atoms in total. The molecule has 0 bridgehead atoms. The molecule has 1 amide bonds. The van der Waals surface area contributed by atoms with Crippen molar-refractivity contribution in [2.24, 2.45) is 11.8 Å². The van der Waals surface area contributed by atoms with E-state index >= 15 is 0 Å². The molecule has 2 rings (SSSR count). The zero-order chi connectivity index (χ0) is 17.6. The molecule has 0 aromatic rings. The molecule has 0 aliphatic carbocycles. The smallest absolute Gasteiger partial charge is 0.237 e. The quantitative estimate of drug-likeness (QED) is 0.656. The van der Waals surface area contributed by atoms with E-state index in [1.165, 1.54) is 0 Å². The van der Waals surface area contributed by atoms with Gasteiger partial charge in [0.1, 0.15) is 0 Å². The van der Waals surface area contributed by atoms with Crippen molar-refractivity contribution in [1.29, 1.82) is 0 Å². The standard InChI is InChI=1S/C17H33N3O3S.ClH/c1-3-14(4-2)13-24(22,23)20-10-6-7-15(12-20)11-19-17(21)16-8-5-9-18-16;/h14-16,18H,3-13H2,1-2H3,(H,19,21);1H. The Balaban J connectivity index is 0.00000312. The van der Waals surface area contributed by atoms with E-state index in [0.29, 0.717) is 19.6 Å². The highest BCUT2D eigenvalue weighted by molar-refractivity contribution is 7.89. The fraction of sp³-hybridized carbons (Fsp3) is 0.941. The largest absolute Gasteiger partial charge is 0.354 e. The van der Waals surface area contributed by atoms with Crippen LogP contribution in [0.15, 0.2) is 0 Å². The minimum atomic E-state index is -3.19. The van der Waals surface area contributed by atoms with E-state index in [-0.39, 0.29) is 41.9 Å². The van der Waals surface area contributed by atoms with Crippen LogP contribution in [0.4, 0.5) is 0 Å². The van der Waals surface area contributed by atoms with E-state index in [0.717, 1.165) is 45.1 Å². The van der Waals surface area contributed by atoms with Gasteiger partial charge < -0.3 is 10.6 Å². The summed E-state index contributed by atoms with van der Waals surface area (Å²) in [4.78, 5) is 12.1. The van der Waals surface area contributed by atoms with Crippen molar-refractivity contribution in [2.45, 2.75) is 58.4 Å². The minimum absolute atomic E-state index is 0. The van der Waals surface area contributed by atoms with Gasteiger partial charge in [-0.3, -0.25) is 4.79 Å². The van der Waals surface area contributed by atoms with Crippen molar-refractivity contribution < 1.29 is 13.2 Å². The maximum atomic E-state index is 12.6. The average molecular weight is 396 g/mol. The maximum absolute atomic E-state index is 12.6. The van der Waals surface area contributed by atoms with E-state index in [1.807, 2.05) is 0 Å². The summed E-state index contributed by atoms with van der Waals surface area (Å²) in [6, 6.07) is -0.0664. The third kappa shape index (κ3) is 6.70. The van der Waals surface area contributed by atoms with Gasteiger partial charge in [0.25, 0.3) is 0 Å². The van der Waals surface area contributed by atoms with Gasteiger partial charge in [0.15, 0.2) is 0 Å². The van der Waals surface area contributed by atoms with Crippen LogP contribution in [-0.2, 0) is 14.8 Å². The average Bonchev–Trinajstić information content (AvgIpc) is 3.12. The number of hydrogen-bond acceptors (Lipinski definition) is 4. The number of hydrogen-bond donors (Lipinski definition) is 2. The lowest BCUT2D eigenvalue weighted by atomic mass is 9.99. The van der Waals surface area contributed by atoms with Crippen molar-refractivity contribution in [3.05, 3.63) is 0 Å². The van der Waals surface area contributed by atoms with Crippen molar-refractivity contribution in [1.82, 2.24) is 14.9 Å². The predicted molar refractivity (Wildman–Crippen MR) is 103 cm³/mol. The number of carbonyl (C=O) groups is 1. The molecule has 0 aromatic heterocycles. The van der Waals surface area contributed by atoms with Crippen LogP contribution < -0.4 is 10.6 Å². The van der Waals surface area contributed by atoms with E-state index in [2.05, 4.69) is 24.5 Å². The lowest BCUT2D eigenvalue weighted by molar-refractivity contribution is -0.123. The van der Waals surface area contributed by atoms with Gasteiger partial charge in [0.2, 0.25) is 15.9 Å². The van der Waals surface area contributed by atoms with Crippen molar-refractivity contribution in [3.8, 4) is 0 Å². The molecule has 148 valence electrons. The Hall–Kier alpha value is -0.370. The second kappa shape index (κ2) is 10.7. The molecule has 0 radical (unpaired) electrons. The van der Waals surface area contributed by atoms with Gasteiger partial charge in [-0.15, -0.1) is 12.4 Å². The zero-order valence-electron chi connectivity index (χ0n) is 15.5. The Labute approximate surface area is 159 Å². The summed E-state index contributed by atoms with van der Waals surface area (Å²) < 4.78 is 26.9. The van der Waals surface area contributed by atoms with Crippen LogP contribution in [0.2, 0.25) is 0 Å². The van der Waals surface area contributed by atoms with Gasteiger partial charge >= 0.3 is 0 Å². The predicted octanol–water partition coefficient (Wildman–Crippen LogP) is 1.75. The number of rotatable bonds is 8. The Bertz CT molecular complexity index is 505. The topological polar surface area (TPSA) is 78.5 Å². The molecule has 2 atom stereocenters. The summed E-state index contributed by atoms with van der Waals surface area (Å²) in [6.07, 6.45) is 5.60. The number of amides is 1. The van der Waals surface area contributed by atoms with Crippen LogP contribution in [-0.4, -0.2) is 56.6 Å². The van der Waals surface area contributed by atoms with E-state index in [9.17, 15) is 13.2 Å². The zero-order valence-corrected chi connectivity index (χ0v) is 17.1. The number of sulfonamides is 1. The summed E-state index contributed by atoms with van der Waals surface area (Å²) in [6.45, 7) is 6.75. The summed E-state index contributed by atoms with van der Waals surface area (Å²) in [5.41, 5.74) is 0. The Morgan fingerprint density at radius 3 is 2.56 bits per heavy atom. The lowest BCUT2D eigenvalue weighted by Crippen LogP contribution is -2.47. The molecule has 2 saturated heterocycles. The van der Waals surface area contributed by atoms with E-state index < -0.39 is 10.0 Å². The van der Waals surface area contributed by atoms with E-state index in [4.69, 9.17) is 0 Å². The summed E-state index contributed by atoms with van der Waals surface area (Å²) in [7, 11) is -3.19. The summed E-state index contributed by atoms with van der Waals surface area (Å²) in [5, 5.41) is 6.20. The Kier molecular flexibility index (Phi) is 9.70. The molecule has 25 heavy (non-hydrogen) atoms. The molecule has 0 aromatic carbocycles. The van der Waals surface area contributed by atoms with Gasteiger partial charge in [-0.2, -0.15) is 0 Å². The highest BCUT2D eigenvalue weighted by Gasteiger charge is 2.31. The molecule has 2 unspecified atom stereocenters. The molecule has 0 saturated carbocycles. The van der Waals surface area contributed by atoms with Crippen LogP contribution in [0.1, 0.15) is 52.4 Å². The first-order valence-corrected chi connectivity index (χ1v) is 11.1. The summed E-state index contributed by atoms with van der Waals surface area (Å²) >= 11 is 0. The van der Waals surface area contributed by atoms with Crippen LogP contribution in [0.3, 0.4) is 0 Å². The van der Waals surface area contributed by atoms with Gasteiger partial charge in [-0.05, 0) is 44.1 Å². The number of nitrogens with one attached hydrogen (secondary N) is 2. The number of nitrogens with zero attached hydrogens (tertiary/aromatic N) is 1. The molecular weight excluding hydrogens is 362 g/mol. The highest BCUT2D eigenvalue weighted by atomic mass is 35.5. The molecule has 2 fully saturated rings. The fourth-order valence-electron chi connectivity index (χ4n) is 3.65. The first-order valence-electron chi connectivity index (χ1n) is 9.45. The van der Waals surface area contributed by atoms with Crippen LogP contribution >= 0.6 is 12.4 Å². The van der Waals surface area contributed by atoms with Crippen molar-refractivity contribution in [2.75, 3.05) is 31.9 Å². The van der Waals surface area contributed by atoms with Gasteiger partial charge in [-0.1, -0.05) is 26.7 Å². The van der Waals surface area contributed by atoms with Crippen LogP contribution in [0.25, 0.3) is 0 Å². The molecule has 2 aliphatic rings. The number of halogens is 1. The third-order valence-corrected chi connectivity index (χ3v) is 7.43. The second-order valence-corrected chi connectivity index (χ2v) is 9.23. The molecule has 0 spiro atoms. The van der Waals surface area contributed by atoms with Crippen molar-refractivity contribution >= 4 is 28.3 Å². The maximum Gasteiger partial charge on any atom is 0.237 e. The number of carbonyl (C=O) groups excluding carboxylic acids is 1. The van der Waals surface area contributed by atoms with Crippen LogP contribution in [0, 0.1) is 11.8 Å². The molecular formula is C17H34ClN3O3S. The minimum Gasteiger partial charge on any atom is -0.354 e. The lowest BCUT2D eigenvalue weighted by Gasteiger charge is -2.33. The van der Waals surface area contributed by atoms with Crippen LogP contribution in [0.5, 0.6) is 0 Å². The fourth-order valence-corrected chi connectivity index (χ4v) is 5.77.